The summed E-state index contributed by atoms with van der Waals surface area (Å²) < 4.78 is 1.44. The van der Waals surface area contributed by atoms with Crippen LogP contribution >= 0.6 is 22.7 Å². The Hall–Kier alpha value is -2.19. The van der Waals surface area contributed by atoms with Crippen LogP contribution in [-0.2, 0) is 6.54 Å². The van der Waals surface area contributed by atoms with Crippen molar-refractivity contribution in [1.29, 1.82) is 0 Å². The largest absolute Gasteiger partial charge is 0.397 e. The number of nitrogens with two attached hydrogens (primary N) is 1. The monoisotopic (exact) mass is 321 g/mol. The third kappa shape index (κ3) is 2.22. The minimum absolute atomic E-state index is 0.142. The second-order valence-corrected chi connectivity index (χ2v) is 6.54. The maximum atomic E-state index is 12.1. The number of anilines is 1. The summed E-state index contributed by atoms with van der Waals surface area (Å²) in [5.41, 5.74) is 4.97. The minimum atomic E-state index is -0.557. The van der Waals surface area contributed by atoms with Gasteiger partial charge in [0.2, 0.25) is 0 Å². The number of carbonyl (C=O) groups is 1. The number of aromatic amines is 1. The number of Topliss-reactive ketones (excluding diaryl/α,β-unsaturated/α-hetero) is 1. The first-order valence-electron chi connectivity index (χ1n) is 6.07. The number of H-pyrrole nitrogens is 1. The third-order valence-corrected chi connectivity index (χ3v) is 5.27. The van der Waals surface area contributed by atoms with Crippen LogP contribution < -0.4 is 17.0 Å². The highest BCUT2D eigenvalue weighted by Crippen LogP contribution is 2.31. The first-order chi connectivity index (χ1) is 9.99. The van der Waals surface area contributed by atoms with Gasteiger partial charge < -0.3 is 5.73 Å². The number of fused-ring (bicyclic) bond motifs is 1. The van der Waals surface area contributed by atoms with Gasteiger partial charge in [-0.15, -0.1) is 22.7 Å². The summed E-state index contributed by atoms with van der Waals surface area (Å²) in [4.78, 5) is 39.6. The number of nitrogens with zero attached hydrogens (tertiary/aromatic N) is 1. The minimum Gasteiger partial charge on any atom is -0.397 e. The van der Waals surface area contributed by atoms with Crippen LogP contribution in [0.25, 0.3) is 10.2 Å². The van der Waals surface area contributed by atoms with Gasteiger partial charge >= 0.3 is 5.69 Å². The van der Waals surface area contributed by atoms with Crippen LogP contribution in [0.15, 0.2) is 27.1 Å². The van der Waals surface area contributed by atoms with Crippen molar-refractivity contribution in [2.75, 3.05) is 5.73 Å². The molecule has 0 aromatic carbocycles. The van der Waals surface area contributed by atoms with Crippen molar-refractivity contribution >= 4 is 44.4 Å². The summed E-state index contributed by atoms with van der Waals surface area (Å²) in [5.74, 6) is -0.219. The Morgan fingerprint density at radius 2 is 2.19 bits per heavy atom. The molecule has 0 aliphatic heterocycles. The molecule has 3 aromatic rings. The van der Waals surface area contributed by atoms with Gasteiger partial charge in [0, 0.05) is 11.8 Å². The smallest absolute Gasteiger partial charge is 0.329 e. The molecule has 108 valence electrons. The number of carbonyl (C=O) groups excluding carboxylic acids is 1. The van der Waals surface area contributed by atoms with Gasteiger partial charge in [0.05, 0.1) is 22.5 Å². The van der Waals surface area contributed by atoms with Crippen LogP contribution in [-0.4, -0.2) is 15.3 Å². The molecule has 0 saturated carbocycles. The third-order valence-electron chi connectivity index (χ3n) is 3.08. The maximum Gasteiger partial charge on any atom is 0.329 e. The van der Waals surface area contributed by atoms with E-state index < -0.39 is 11.2 Å². The molecule has 3 aromatic heterocycles. The topological polar surface area (TPSA) is 98.0 Å². The molecule has 3 N–H and O–H groups in total. The molecule has 0 saturated heterocycles. The lowest BCUT2D eigenvalue weighted by atomic mass is 10.2. The molecule has 0 unspecified atom stereocenters. The molecule has 6 nitrogen and oxygen atoms in total. The van der Waals surface area contributed by atoms with Gasteiger partial charge in [0.15, 0.2) is 5.78 Å². The van der Waals surface area contributed by atoms with Gasteiger partial charge in [-0.25, -0.2) is 4.79 Å². The lowest BCUT2D eigenvalue weighted by molar-refractivity contribution is 0.102. The van der Waals surface area contributed by atoms with Gasteiger partial charge in [-0.2, -0.15) is 0 Å². The number of thiophene rings is 2. The zero-order valence-electron chi connectivity index (χ0n) is 11.0. The lowest BCUT2D eigenvalue weighted by Crippen LogP contribution is -2.30. The average Bonchev–Trinajstić information content (AvgIpc) is 3.02. The zero-order chi connectivity index (χ0) is 15.1. The Labute approximate surface area is 126 Å². The fourth-order valence-corrected chi connectivity index (χ4v) is 3.93. The molecule has 8 heteroatoms. The van der Waals surface area contributed by atoms with Crippen molar-refractivity contribution in [3.8, 4) is 0 Å². The Morgan fingerprint density at radius 1 is 1.43 bits per heavy atom. The van der Waals surface area contributed by atoms with E-state index >= 15 is 0 Å². The van der Waals surface area contributed by atoms with Crippen molar-refractivity contribution in [2.45, 2.75) is 13.5 Å². The van der Waals surface area contributed by atoms with Crippen LogP contribution in [0.4, 0.5) is 5.69 Å². The number of hydrogen-bond donors (Lipinski definition) is 2. The first kappa shape index (κ1) is 13.8. The Balaban J connectivity index is 2.34. The Morgan fingerprint density at radius 3 is 2.81 bits per heavy atom. The van der Waals surface area contributed by atoms with E-state index in [1.807, 2.05) is 17.5 Å². The van der Waals surface area contributed by atoms with Crippen molar-refractivity contribution in [1.82, 2.24) is 9.55 Å². The summed E-state index contributed by atoms with van der Waals surface area (Å²) in [5, 5.41) is 2.12. The van der Waals surface area contributed by atoms with Gasteiger partial charge in [0.1, 0.15) is 4.83 Å². The van der Waals surface area contributed by atoms with Crippen molar-refractivity contribution in [3.05, 3.63) is 48.1 Å². The number of nitrogen functional groups attached to an aromatic ring is 1. The van der Waals surface area contributed by atoms with Crippen molar-refractivity contribution in [3.63, 3.8) is 0 Å². The first-order valence-corrected chi connectivity index (χ1v) is 7.77. The highest BCUT2D eigenvalue weighted by Gasteiger charge is 2.19. The summed E-state index contributed by atoms with van der Waals surface area (Å²) >= 11 is 2.59. The predicted octanol–water partition coefficient (Wildman–Crippen LogP) is 1.65. The highest BCUT2D eigenvalue weighted by molar-refractivity contribution is 7.21. The molecule has 0 spiro atoms. The lowest BCUT2D eigenvalue weighted by Gasteiger charge is -2.04. The van der Waals surface area contributed by atoms with E-state index in [0.29, 0.717) is 16.3 Å². The Bertz CT molecular complexity index is 948. The molecule has 0 aliphatic carbocycles. The van der Waals surface area contributed by atoms with Gasteiger partial charge in [-0.1, -0.05) is 6.07 Å². The van der Waals surface area contributed by atoms with E-state index in [-0.39, 0.29) is 16.9 Å². The molecule has 0 radical (unpaired) electrons. The van der Waals surface area contributed by atoms with Crippen LogP contribution in [0.5, 0.6) is 0 Å². The summed E-state index contributed by atoms with van der Waals surface area (Å²) in [6.45, 7) is 1.72. The predicted molar refractivity (Wildman–Crippen MR) is 84.5 cm³/mol. The van der Waals surface area contributed by atoms with E-state index in [2.05, 4.69) is 4.98 Å². The fourth-order valence-electron chi connectivity index (χ4n) is 2.12. The zero-order valence-corrected chi connectivity index (χ0v) is 12.6. The number of aromatic nitrogens is 2. The molecular formula is C13H11N3O3S2. The van der Waals surface area contributed by atoms with Crippen molar-refractivity contribution < 1.29 is 4.79 Å². The summed E-state index contributed by atoms with van der Waals surface area (Å²) in [6.07, 6.45) is 0. The van der Waals surface area contributed by atoms with Crippen molar-refractivity contribution in [2.24, 2.45) is 0 Å². The average molecular weight is 321 g/mol. The molecule has 0 amide bonds. The molecule has 0 aliphatic rings. The van der Waals surface area contributed by atoms with Gasteiger partial charge in [0.25, 0.3) is 5.56 Å². The molecule has 0 fully saturated rings. The molecule has 0 bridgehead atoms. The summed E-state index contributed by atoms with van der Waals surface area (Å²) in [7, 11) is 0. The number of rotatable bonds is 3. The maximum absolute atomic E-state index is 12.1. The quantitative estimate of drug-likeness (QED) is 0.717. The standard InChI is InChI=1S/C13H11N3O3S2/c1-6(17)10-9(14)8-11(18)15-13(19)16(12(8)21-10)5-7-3-2-4-20-7/h2-4H,5,14H2,1H3,(H,15,18,19). The Kier molecular flexibility index (Phi) is 3.26. The van der Waals surface area contributed by atoms with E-state index in [9.17, 15) is 14.4 Å². The SMILES string of the molecule is CC(=O)c1sc2c(c1N)c(=O)[nH]c(=O)n2Cc1cccs1. The molecule has 21 heavy (non-hydrogen) atoms. The number of nitrogens with one attached hydrogen (secondary N) is 1. The molecule has 3 rings (SSSR count). The van der Waals surface area contributed by atoms with E-state index in [1.165, 1.54) is 22.8 Å². The van der Waals surface area contributed by atoms with E-state index in [4.69, 9.17) is 5.73 Å². The second kappa shape index (κ2) is 4.97. The van der Waals surface area contributed by atoms with Crippen LogP contribution in [0.3, 0.4) is 0 Å². The fraction of sp³-hybridized carbons (Fsp3) is 0.154. The molecule has 0 atom stereocenters. The van der Waals surface area contributed by atoms with Crippen LogP contribution in [0.2, 0.25) is 0 Å². The summed E-state index contributed by atoms with van der Waals surface area (Å²) in [6, 6.07) is 3.79. The number of ketones is 1. The number of hydrogen-bond acceptors (Lipinski definition) is 6. The molecular weight excluding hydrogens is 310 g/mol. The van der Waals surface area contributed by atoms with Crippen LogP contribution in [0.1, 0.15) is 21.5 Å². The van der Waals surface area contributed by atoms with Crippen LogP contribution in [0, 0.1) is 0 Å². The normalized spacial score (nSPS) is 11.1. The van der Waals surface area contributed by atoms with E-state index in [1.54, 1.807) is 0 Å². The van der Waals surface area contributed by atoms with Gasteiger partial charge in [-0.3, -0.25) is 19.1 Å². The van der Waals surface area contributed by atoms with Gasteiger partial charge in [-0.05, 0) is 11.4 Å². The van der Waals surface area contributed by atoms with E-state index in [0.717, 1.165) is 16.2 Å². The highest BCUT2D eigenvalue weighted by atomic mass is 32.1. The molecule has 3 heterocycles. The second-order valence-electron chi connectivity index (χ2n) is 4.51.